The molecule has 0 spiro atoms. The Hall–Kier alpha value is -1.20. The molecule has 1 aliphatic rings. The molecular weight excluding hydrogens is 254 g/mol. The van der Waals surface area contributed by atoms with Crippen LogP contribution in [-0.2, 0) is 9.53 Å². The predicted molar refractivity (Wildman–Crippen MR) is 68.5 cm³/mol. The fraction of sp³-hybridized carbons (Fsp3) is 0.583. The maximum atomic E-state index is 11.7. The topological polar surface area (TPSA) is 64.1 Å². The lowest BCUT2D eigenvalue weighted by atomic mass is 10.0. The molecule has 0 saturated carbocycles. The number of nitrogens with zero attached hydrogens (tertiary/aromatic N) is 2. The van der Waals surface area contributed by atoms with Gasteiger partial charge in [-0.25, -0.2) is 4.98 Å². The predicted octanol–water partition coefficient (Wildman–Crippen LogP) is 2.42. The molecule has 5 nitrogen and oxygen atoms in total. The number of anilines is 1. The standard InChI is InChI=1S/C12H16ClN3O2/c13-10-7-14-8-11(15-10)16-12(17)5-4-9-3-1-2-6-18-9/h7-9H,1-6H2,(H,15,16,17). The summed E-state index contributed by atoms with van der Waals surface area (Å²) in [5.41, 5.74) is 0. The van der Waals surface area contributed by atoms with Gasteiger partial charge in [-0.1, -0.05) is 11.6 Å². The Morgan fingerprint density at radius 3 is 3.11 bits per heavy atom. The highest BCUT2D eigenvalue weighted by atomic mass is 35.5. The van der Waals surface area contributed by atoms with Crippen molar-refractivity contribution in [1.82, 2.24) is 9.97 Å². The van der Waals surface area contributed by atoms with Gasteiger partial charge >= 0.3 is 0 Å². The van der Waals surface area contributed by atoms with E-state index in [0.717, 1.165) is 25.9 Å². The molecular formula is C12H16ClN3O2. The van der Waals surface area contributed by atoms with Crippen molar-refractivity contribution < 1.29 is 9.53 Å². The second kappa shape index (κ2) is 6.66. The molecule has 6 heteroatoms. The average molecular weight is 270 g/mol. The Bertz CT molecular complexity index is 408. The van der Waals surface area contributed by atoms with E-state index in [1.165, 1.54) is 18.8 Å². The van der Waals surface area contributed by atoms with E-state index in [9.17, 15) is 4.79 Å². The number of aromatic nitrogens is 2. The minimum absolute atomic E-state index is 0.0826. The summed E-state index contributed by atoms with van der Waals surface area (Å²) >= 11 is 5.68. The molecule has 1 fully saturated rings. The first-order chi connectivity index (χ1) is 8.74. The van der Waals surface area contributed by atoms with Crippen LogP contribution in [0.5, 0.6) is 0 Å². The molecule has 1 saturated heterocycles. The summed E-state index contributed by atoms with van der Waals surface area (Å²) in [6.45, 7) is 0.812. The maximum Gasteiger partial charge on any atom is 0.225 e. The normalized spacial score (nSPS) is 19.5. The largest absolute Gasteiger partial charge is 0.378 e. The molecule has 98 valence electrons. The molecule has 1 atom stereocenters. The number of rotatable bonds is 4. The van der Waals surface area contributed by atoms with E-state index in [0.29, 0.717) is 12.2 Å². The first-order valence-electron chi connectivity index (χ1n) is 6.13. The minimum atomic E-state index is -0.0826. The molecule has 1 aromatic rings. The molecule has 2 rings (SSSR count). The Morgan fingerprint density at radius 2 is 2.39 bits per heavy atom. The van der Waals surface area contributed by atoms with Crippen molar-refractivity contribution in [3.63, 3.8) is 0 Å². The molecule has 18 heavy (non-hydrogen) atoms. The zero-order chi connectivity index (χ0) is 12.8. The van der Waals surface area contributed by atoms with Crippen LogP contribution < -0.4 is 5.32 Å². The second-order valence-electron chi connectivity index (χ2n) is 4.30. The molecule has 0 aliphatic carbocycles. The molecule has 1 unspecified atom stereocenters. The molecule has 2 heterocycles. The molecule has 1 N–H and O–H groups in total. The fourth-order valence-corrected chi connectivity index (χ4v) is 2.08. The van der Waals surface area contributed by atoms with Gasteiger partial charge in [-0.05, 0) is 25.7 Å². The highest BCUT2D eigenvalue weighted by Crippen LogP contribution is 2.17. The van der Waals surface area contributed by atoms with Crippen LogP contribution in [0.4, 0.5) is 5.82 Å². The SMILES string of the molecule is O=C(CCC1CCCCO1)Nc1cncc(Cl)n1. The molecule has 0 aromatic carbocycles. The van der Waals surface area contributed by atoms with Crippen molar-refractivity contribution in [2.45, 2.75) is 38.2 Å². The van der Waals surface area contributed by atoms with Gasteiger partial charge in [0.1, 0.15) is 5.15 Å². The lowest BCUT2D eigenvalue weighted by molar-refractivity contribution is -0.117. The van der Waals surface area contributed by atoms with Crippen LogP contribution in [0.2, 0.25) is 5.15 Å². The van der Waals surface area contributed by atoms with Crippen molar-refractivity contribution in [3.8, 4) is 0 Å². The lowest BCUT2D eigenvalue weighted by Gasteiger charge is -2.22. The van der Waals surface area contributed by atoms with Crippen molar-refractivity contribution >= 4 is 23.3 Å². The minimum Gasteiger partial charge on any atom is -0.378 e. The van der Waals surface area contributed by atoms with E-state index in [1.807, 2.05) is 0 Å². The van der Waals surface area contributed by atoms with E-state index in [-0.39, 0.29) is 17.2 Å². The third-order valence-corrected chi connectivity index (χ3v) is 3.02. The van der Waals surface area contributed by atoms with Crippen LogP contribution in [0.25, 0.3) is 0 Å². The Balaban J connectivity index is 1.74. The maximum absolute atomic E-state index is 11.7. The Labute approximate surface area is 111 Å². The summed E-state index contributed by atoms with van der Waals surface area (Å²) in [5, 5.41) is 2.94. The molecule has 1 amide bonds. The number of hydrogen-bond donors (Lipinski definition) is 1. The molecule has 0 radical (unpaired) electrons. The van der Waals surface area contributed by atoms with Crippen LogP contribution in [0, 0.1) is 0 Å². The van der Waals surface area contributed by atoms with E-state index in [2.05, 4.69) is 15.3 Å². The number of hydrogen-bond acceptors (Lipinski definition) is 4. The van der Waals surface area contributed by atoms with Gasteiger partial charge in [-0.2, -0.15) is 0 Å². The quantitative estimate of drug-likeness (QED) is 0.912. The highest BCUT2D eigenvalue weighted by Gasteiger charge is 2.15. The van der Waals surface area contributed by atoms with Gasteiger partial charge in [-0.15, -0.1) is 0 Å². The number of carbonyl (C=O) groups is 1. The highest BCUT2D eigenvalue weighted by molar-refractivity contribution is 6.29. The molecule has 1 aliphatic heterocycles. The van der Waals surface area contributed by atoms with Crippen molar-refractivity contribution in [3.05, 3.63) is 17.5 Å². The second-order valence-corrected chi connectivity index (χ2v) is 4.69. The van der Waals surface area contributed by atoms with Gasteiger partial charge in [0.25, 0.3) is 0 Å². The molecule has 1 aromatic heterocycles. The van der Waals surface area contributed by atoms with Crippen molar-refractivity contribution in [2.24, 2.45) is 0 Å². The zero-order valence-electron chi connectivity index (χ0n) is 10.1. The van der Waals surface area contributed by atoms with E-state index in [1.54, 1.807) is 0 Å². The molecule has 0 bridgehead atoms. The first-order valence-corrected chi connectivity index (χ1v) is 6.51. The van der Waals surface area contributed by atoms with Crippen LogP contribution in [0.15, 0.2) is 12.4 Å². The number of amides is 1. The third kappa shape index (κ3) is 4.23. The number of halogens is 1. The van der Waals surface area contributed by atoms with Crippen molar-refractivity contribution in [1.29, 1.82) is 0 Å². The summed E-state index contributed by atoms with van der Waals surface area (Å²) in [5.74, 6) is 0.304. The summed E-state index contributed by atoms with van der Waals surface area (Å²) in [6, 6.07) is 0. The fourth-order valence-electron chi connectivity index (χ4n) is 1.93. The van der Waals surface area contributed by atoms with Gasteiger partial charge in [0, 0.05) is 13.0 Å². The Morgan fingerprint density at radius 1 is 1.50 bits per heavy atom. The van der Waals surface area contributed by atoms with Crippen LogP contribution in [0.3, 0.4) is 0 Å². The van der Waals surface area contributed by atoms with Gasteiger partial charge < -0.3 is 10.1 Å². The summed E-state index contributed by atoms with van der Waals surface area (Å²) < 4.78 is 5.57. The van der Waals surface area contributed by atoms with Gasteiger partial charge in [-0.3, -0.25) is 9.78 Å². The summed E-state index contributed by atoms with van der Waals surface area (Å²) in [6.07, 6.45) is 7.65. The van der Waals surface area contributed by atoms with E-state index >= 15 is 0 Å². The monoisotopic (exact) mass is 269 g/mol. The summed E-state index contributed by atoms with van der Waals surface area (Å²) in [7, 11) is 0. The lowest BCUT2D eigenvalue weighted by Crippen LogP contribution is -2.22. The van der Waals surface area contributed by atoms with Gasteiger partial charge in [0.2, 0.25) is 5.91 Å². The number of ether oxygens (including phenoxy) is 1. The zero-order valence-corrected chi connectivity index (χ0v) is 10.8. The number of carbonyl (C=O) groups excluding carboxylic acids is 1. The Kier molecular flexibility index (Phi) is 4.90. The van der Waals surface area contributed by atoms with Crippen LogP contribution in [0.1, 0.15) is 32.1 Å². The van der Waals surface area contributed by atoms with Crippen LogP contribution >= 0.6 is 11.6 Å². The summed E-state index contributed by atoms with van der Waals surface area (Å²) in [4.78, 5) is 19.5. The van der Waals surface area contributed by atoms with Crippen LogP contribution in [-0.4, -0.2) is 28.6 Å². The van der Waals surface area contributed by atoms with Crippen molar-refractivity contribution in [2.75, 3.05) is 11.9 Å². The smallest absolute Gasteiger partial charge is 0.225 e. The van der Waals surface area contributed by atoms with E-state index < -0.39 is 0 Å². The third-order valence-electron chi connectivity index (χ3n) is 2.84. The number of nitrogens with one attached hydrogen (secondary N) is 1. The average Bonchev–Trinajstić information content (AvgIpc) is 2.38. The van der Waals surface area contributed by atoms with Gasteiger partial charge in [0.15, 0.2) is 5.82 Å². The van der Waals surface area contributed by atoms with E-state index in [4.69, 9.17) is 16.3 Å². The first kappa shape index (κ1) is 13.2. The van der Waals surface area contributed by atoms with Gasteiger partial charge in [0.05, 0.1) is 18.5 Å².